The maximum Gasteiger partial charge on any atom is 0.273 e. The van der Waals surface area contributed by atoms with Crippen LogP contribution in [0, 0.1) is 0 Å². The van der Waals surface area contributed by atoms with Gasteiger partial charge in [0.15, 0.2) is 5.82 Å². The molecule has 2 aliphatic rings. The van der Waals surface area contributed by atoms with Gasteiger partial charge in [0, 0.05) is 30.8 Å². The van der Waals surface area contributed by atoms with E-state index in [1.54, 1.807) is 0 Å². The van der Waals surface area contributed by atoms with Crippen molar-refractivity contribution in [2.45, 2.75) is 13.1 Å². The van der Waals surface area contributed by atoms with Crippen molar-refractivity contribution in [3.8, 4) is 11.4 Å². The van der Waals surface area contributed by atoms with Gasteiger partial charge in [-0.05, 0) is 5.56 Å². The number of benzene rings is 2. The van der Waals surface area contributed by atoms with Gasteiger partial charge >= 0.3 is 0 Å². The van der Waals surface area contributed by atoms with Crippen molar-refractivity contribution in [2.24, 2.45) is 0 Å². The van der Waals surface area contributed by atoms with E-state index in [4.69, 9.17) is 14.7 Å². The number of hydrogen-bond acceptors (Lipinski definition) is 5. The van der Waals surface area contributed by atoms with Crippen LogP contribution >= 0.6 is 0 Å². The van der Waals surface area contributed by atoms with Crippen LogP contribution in [-0.4, -0.2) is 47.1 Å². The van der Waals surface area contributed by atoms with Crippen molar-refractivity contribution in [3.05, 3.63) is 77.5 Å². The maximum atomic E-state index is 13.2. The number of carbonyl (C=O) groups is 1. The molecule has 5 rings (SSSR count). The third-order valence-corrected chi connectivity index (χ3v) is 5.38. The molecule has 1 saturated heterocycles. The molecule has 0 N–H and O–H groups in total. The number of aromatic nitrogens is 2. The molecule has 0 atom stereocenters. The fourth-order valence-corrected chi connectivity index (χ4v) is 3.89. The Morgan fingerprint density at radius 1 is 0.897 bits per heavy atom. The first-order valence-electron chi connectivity index (χ1n) is 9.92. The van der Waals surface area contributed by atoms with Gasteiger partial charge in [-0.2, -0.15) is 0 Å². The standard InChI is InChI=1S/C23H22N4O2/c28-23-20-19(16-27(23)15-17-7-3-1-4-8-17)22(26-11-13-29-14-12-26)25-21(24-20)18-9-5-2-6-10-18/h1-10H,11-16H2. The Bertz CT molecular complexity index is 1020. The largest absolute Gasteiger partial charge is 0.378 e. The lowest BCUT2D eigenvalue weighted by atomic mass is 10.1. The van der Waals surface area contributed by atoms with Crippen molar-refractivity contribution in [3.63, 3.8) is 0 Å². The van der Waals surface area contributed by atoms with Crippen LogP contribution in [0.15, 0.2) is 60.7 Å². The lowest BCUT2D eigenvalue weighted by molar-refractivity contribution is 0.0762. The fourth-order valence-electron chi connectivity index (χ4n) is 3.89. The Morgan fingerprint density at radius 2 is 1.59 bits per heavy atom. The van der Waals surface area contributed by atoms with Crippen molar-refractivity contribution in [1.82, 2.24) is 14.9 Å². The summed E-state index contributed by atoms with van der Waals surface area (Å²) in [6.07, 6.45) is 0. The Balaban J connectivity index is 1.55. The number of hydrogen-bond donors (Lipinski definition) is 0. The molecule has 1 fully saturated rings. The monoisotopic (exact) mass is 386 g/mol. The van der Waals surface area contributed by atoms with Crippen LogP contribution in [0.3, 0.4) is 0 Å². The van der Waals surface area contributed by atoms with E-state index in [2.05, 4.69) is 4.90 Å². The van der Waals surface area contributed by atoms with E-state index in [0.29, 0.717) is 37.8 Å². The third-order valence-electron chi connectivity index (χ3n) is 5.38. The van der Waals surface area contributed by atoms with E-state index in [9.17, 15) is 4.79 Å². The Labute approximate surface area is 169 Å². The normalized spacial score (nSPS) is 16.2. The second kappa shape index (κ2) is 7.64. The van der Waals surface area contributed by atoms with Crippen LogP contribution < -0.4 is 4.90 Å². The first kappa shape index (κ1) is 17.8. The van der Waals surface area contributed by atoms with Gasteiger partial charge in [0.1, 0.15) is 11.5 Å². The van der Waals surface area contributed by atoms with Crippen molar-refractivity contribution < 1.29 is 9.53 Å². The molecular formula is C23H22N4O2. The minimum absolute atomic E-state index is 0.0297. The second-order valence-electron chi connectivity index (χ2n) is 7.31. The Morgan fingerprint density at radius 3 is 2.31 bits per heavy atom. The molecule has 0 bridgehead atoms. The van der Waals surface area contributed by atoms with Crippen molar-refractivity contribution >= 4 is 11.7 Å². The van der Waals surface area contributed by atoms with E-state index in [1.807, 2.05) is 65.6 Å². The molecule has 6 nitrogen and oxygen atoms in total. The molecule has 2 aliphatic heterocycles. The third kappa shape index (κ3) is 3.47. The fraction of sp³-hybridized carbons (Fsp3) is 0.261. The highest BCUT2D eigenvalue weighted by Gasteiger charge is 2.34. The lowest BCUT2D eigenvalue weighted by Crippen LogP contribution is -2.37. The van der Waals surface area contributed by atoms with E-state index in [0.717, 1.165) is 35.6 Å². The molecule has 0 spiro atoms. The Hall–Kier alpha value is -3.25. The molecule has 0 saturated carbocycles. The second-order valence-corrected chi connectivity index (χ2v) is 7.31. The molecule has 1 amide bonds. The highest BCUT2D eigenvalue weighted by Crippen LogP contribution is 2.33. The van der Waals surface area contributed by atoms with E-state index in [1.165, 1.54) is 0 Å². The molecule has 0 unspecified atom stereocenters. The zero-order valence-electron chi connectivity index (χ0n) is 16.1. The minimum Gasteiger partial charge on any atom is -0.378 e. The van der Waals surface area contributed by atoms with Gasteiger partial charge in [-0.3, -0.25) is 4.79 Å². The van der Waals surface area contributed by atoms with Crippen LogP contribution in [0.5, 0.6) is 0 Å². The number of ether oxygens (including phenoxy) is 1. The maximum absolute atomic E-state index is 13.2. The SMILES string of the molecule is O=C1c2nc(-c3ccccc3)nc(N3CCOCC3)c2CN1Cc1ccccc1. The lowest BCUT2D eigenvalue weighted by Gasteiger charge is -2.29. The number of anilines is 1. The van der Waals surface area contributed by atoms with Gasteiger partial charge in [-0.25, -0.2) is 9.97 Å². The molecule has 3 heterocycles. The molecule has 29 heavy (non-hydrogen) atoms. The summed E-state index contributed by atoms with van der Waals surface area (Å²) in [4.78, 5) is 26.9. The van der Waals surface area contributed by atoms with Gasteiger partial charge in [-0.15, -0.1) is 0 Å². The predicted octanol–water partition coefficient (Wildman–Crippen LogP) is 3.14. The number of amides is 1. The zero-order valence-corrected chi connectivity index (χ0v) is 16.1. The molecular weight excluding hydrogens is 364 g/mol. The van der Waals surface area contributed by atoms with Gasteiger partial charge in [0.25, 0.3) is 5.91 Å². The zero-order chi connectivity index (χ0) is 19.6. The van der Waals surface area contributed by atoms with Crippen LogP contribution in [0.4, 0.5) is 5.82 Å². The van der Waals surface area contributed by atoms with Crippen molar-refractivity contribution in [1.29, 1.82) is 0 Å². The smallest absolute Gasteiger partial charge is 0.273 e. The number of rotatable bonds is 4. The number of morpholine rings is 1. The number of fused-ring (bicyclic) bond motifs is 1. The summed E-state index contributed by atoms with van der Waals surface area (Å²) in [6.45, 7) is 3.97. The number of carbonyl (C=O) groups excluding carboxylic acids is 1. The quantitative estimate of drug-likeness (QED) is 0.690. The molecule has 146 valence electrons. The average molecular weight is 386 g/mol. The molecule has 0 radical (unpaired) electrons. The topological polar surface area (TPSA) is 58.6 Å². The van der Waals surface area contributed by atoms with Gasteiger partial charge < -0.3 is 14.5 Å². The minimum atomic E-state index is -0.0297. The van der Waals surface area contributed by atoms with E-state index >= 15 is 0 Å². The molecule has 1 aromatic heterocycles. The predicted molar refractivity (Wildman–Crippen MR) is 111 cm³/mol. The summed E-state index contributed by atoms with van der Waals surface area (Å²) in [5.74, 6) is 1.43. The first-order chi connectivity index (χ1) is 14.3. The van der Waals surface area contributed by atoms with Crippen LogP contribution in [0.2, 0.25) is 0 Å². The summed E-state index contributed by atoms with van der Waals surface area (Å²) in [6, 6.07) is 19.9. The molecule has 2 aromatic carbocycles. The van der Waals surface area contributed by atoms with Crippen molar-refractivity contribution in [2.75, 3.05) is 31.2 Å². The summed E-state index contributed by atoms with van der Waals surface area (Å²) in [5.41, 5.74) is 3.47. The molecule has 0 aliphatic carbocycles. The summed E-state index contributed by atoms with van der Waals surface area (Å²) >= 11 is 0. The molecule has 3 aromatic rings. The van der Waals surface area contributed by atoms with Crippen LogP contribution in [-0.2, 0) is 17.8 Å². The van der Waals surface area contributed by atoms with Crippen LogP contribution in [0.1, 0.15) is 21.6 Å². The highest BCUT2D eigenvalue weighted by molar-refractivity contribution is 5.98. The van der Waals surface area contributed by atoms with E-state index < -0.39 is 0 Å². The highest BCUT2D eigenvalue weighted by atomic mass is 16.5. The summed E-state index contributed by atoms with van der Waals surface area (Å²) < 4.78 is 5.51. The van der Waals surface area contributed by atoms with Gasteiger partial charge in [0.2, 0.25) is 0 Å². The average Bonchev–Trinajstić information content (AvgIpc) is 3.10. The Kier molecular flexibility index (Phi) is 4.69. The van der Waals surface area contributed by atoms with Gasteiger partial charge in [-0.1, -0.05) is 60.7 Å². The summed E-state index contributed by atoms with van der Waals surface area (Å²) in [5, 5.41) is 0. The molecule has 6 heteroatoms. The number of nitrogens with zero attached hydrogens (tertiary/aromatic N) is 4. The summed E-state index contributed by atoms with van der Waals surface area (Å²) in [7, 11) is 0. The van der Waals surface area contributed by atoms with Crippen LogP contribution in [0.25, 0.3) is 11.4 Å². The first-order valence-corrected chi connectivity index (χ1v) is 9.92. The van der Waals surface area contributed by atoms with E-state index in [-0.39, 0.29) is 5.91 Å². The van der Waals surface area contributed by atoms with Gasteiger partial charge in [0.05, 0.1) is 19.8 Å².